The van der Waals surface area contributed by atoms with Crippen LogP contribution in [0.15, 0.2) is 23.8 Å². The summed E-state index contributed by atoms with van der Waals surface area (Å²) in [5.74, 6) is -0.323. The van der Waals surface area contributed by atoms with Crippen molar-refractivity contribution in [3.63, 3.8) is 0 Å². The molecule has 2 unspecified atom stereocenters. The third-order valence-electron chi connectivity index (χ3n) is 11.1. The van der Waals surface area contributed by atoms with Gasteiger partial charge in [-0.2, -0.15) is 0 Å². The summed E-state index contributed by atoms with van der Waals surface area (Å²) in [5, 5.41) is 33.8. The lowest BCUT2D eigenvalue weighted by atomic mass is 9.46. The van der Waals surface area contributed by atoms with Crippen molar-refractivity contribution in [2.75, 3.05) is 0 Å². The highest BCUT2D eigenvalue weighted by molar-refractivity contribution is 5.99. The van der Waals surface area contributed by atoms with Crippen LogP contribution < -0.4 is 0 Å². The number of allylic oxidation sites excluding steroid dienone is 1. The summed E-state index contributed by atoms with van der Waals surface area (Å²) in [6, 6.07) is 0. The smallest absolute Gasteiger partial charge is 0.309 e. The van der Waals surface area contributed by atoms with Crippen molar-refractivity contribution in [2.24, 2.45) is 46.3 Å². The summed E-state index contributed by atoms with van der Waals surface area (Å²) < 4.78 is 5.78. The van der Waals surface area contributed by atoms with Gasteiger partial charge >= 0.3 is 5.97 Å². The molecule has 0 bridgehead atoms. The van der Waals surface area contributed by atoms with Gasteiger partial charge in [0.15, 0.2) is 5.78 Å². The number of carbonyl (C=O) groups is 2. The average Bonchev–Trinajstić information content (AvgIpc) is 3.14. The quantitative estimate of drug-likeness (QED) is 0.421. The Kier molecular flexibility index (Phi) is 5.52. The normalized spacial score (nSPS) is 52.1. The predicted molar refractivity (Wildman–Crippen MR) is 126 cm³/mol. The summed E-state index contributed by atoms with van der Waals surface area (Å²) in [6.07, 6.45) is 6.53. The molecule has 0 aromatic rings. The maximum absolute atomic E-state index is 13.1. The molecule has 0 radical (unpaired) electrons. The van der Waals surface area contributed by atoms with E-state index in [0.717, 1.165) is 25.7 Å². The molecule has 34 heavy (non-hydrogen) atoms. The molecule has 3 fully saturated rings. The monoisotopic (exact) mass is 472 g/mol. The standard InChI is InChI=1S/C28H40O6/c1-14-12-23(34-25(32)15(14)2)28(5,33)21-8-6-16-24-17(10-11-26(16,21)3)27(4)18(13-20(24)30)19(29)7-9-22(27)31/h7,9,13-17,19-21,23-24,29-30,33H,6,8,10-12H2,1-5H3/t14-,15+,16-,17-,19-,20-,21?,23?,24-,26-,27+,28+/m0/s1. The van der Waals surface area contributed by atoms with E-state index in [9.17, 15) is 24.9 Å². The Hall–Kier alpha value is -1.50. The number of fused-ring (bicyclic) bond motifs is 5. The fourth-order valence-electron chi connectivity index (χ4n) is 8.83. The molecule has 3 N–H and O–H groups in total. The number of ether oxygens (including phenoxy) is 1. The summed E-state index contributed by atoms with van der Waals surface area (Å²) in [7, 11) is 0. The van der Waals surface area contributed by atoms with E-state index in [2.05, 4.69) is 6.92 Å². The molecule has 188 valence electrons. The van der Waals surface area contributed by atoms with Gasteiger partial charge in [0.1, 0.15) is 11.7 Å². The first-order chi connectivity index (χ1) is 15.8. The van der Waals surface area contributed by atoms with E-state index in [1.165, 1.54) is 12.2 Å². The molecule has 0 amide bonds. The van der Waals surface area contributed by atoms with Gasteiger partial charge in [0.2, 0.25) is 0 Å². The number of carbonyl (C=O) groups excluding carboxylic acids is 2. The summed E-state index contributed by atoms with van der Waals surface area (Å²) in [6.45, 7) is 9.93. The Morgan fingerprint density at radius 1 is 1.09 bits per heavy atom. The summed E-state index contributed by atoms with van der Waals surface area (Å²) in [5.41, 5.74) is -1.57. The molecule has 5 rings (SSSR count). The van der Waals surface area contributed by atoms with Gasteiger partial charge in [-0.1, -0.05) is 26.8 Å². The molecule has 1 heterocycles. The van der Waals surface area contributed by atoms with Crippen LogP contribution >= 0.6 is 0 Å². The number of hydrogen-bond acceptors (Lipinski definition) is 6. The molecule has 0 aromatic heterocycles. The molecule has 2 saturated carbocycles. The van der Waals surface area contributed by atoms with E-state index in [4.69, 9.17) is 4.74 Å². The Bertz CT molecular complexity index is 951. The lowest BCUT2D eigenvalue weighted by Crippen LogP contribution is -2.60. The maximum Gasteiger partial charge on any atom is 0.309 e. The number of hydrogen-bond donors (Lipinski definition) is 3. The van der Waals surface area contributed by atoms with E-state index in [1.54, 1.807) is 6.08 Å². The van der Waals surface area contributed by atoms with Crippen LogP contribution in [-0.2, 0) is 14.3 Å². The fraction of sp³-hybridized carbons (Fsp3) is 0.786. The zero-order valence-electron chi connectivity index (χ0n) is 21.0. The van der Waals surface area contributed by atoms with Gasteiger partial charge in [-0.25, -0.2) is 0 Å². The predicted octanol–water partition coefficient (Wildman–Crippen LogP) is 3.19. The first kappa shape index (κ1) is 24.2. The van der Waals surface area contributed by atoms with Crippen molar-refractivity contribution in [1.82, 2.24) is 0 Å². The first-order valence-electron chi connectivity index (χ1n) is 13.1. The van der Waals surface area contributed by atoms with Crippen LogP contribution in [0.3, 0.4) is 0 Å². The number of rotatable bonds is 2. The Balaban J connectivity index is 1.47. The van der Waals surface area contributed by atoms with Crippen molar-refractivity contribution in [3.8, 4) is 0 Å². The second-order valence-corrected chi connectivity index (χ2v) is 12.6. The van der Waals surface area contributed by atoms with Gasteiger partial charge in [0.25, 0.3) is 0 Å². The largest absolute Gasteiger partial charge is 0.459 e. The van der Waals surface area contributed by atoms with Crippen molar-refractivity contribution >= 4 is 11.8 Å². The van der Waals surface area contributed by atoms with Crippen LogP contribution in [0.5, 0.6) is 0 Å². The third-order valence-corrected chi connectivity index (χ3v) is 11.1. The number of aliphatic hydroxyl groups excluding tert-OH is 2. The van der Waals surface area contributed by atoms with Gasteiger partial charge in [-0.3, -0.25) is 9.59 Å². The Morgan fingerprint density at radius 3 is 2.47 bits per heavy atom. The van der Waals surface area contributed by atoms with E-state index in [1.807, 2.05) is 27.7 Å². The lowest BCUT2D eigenvalue weighted by molar-refractivity contribution is -0.202. The lowest BCUT2D eigenvalue weighted by Gasteiger charge is -2.59. The third kappa shape index (κ3) is 3.10. The number of aliphatic hydroxyl groups is 3. The van der Waals surface area contributed by atoms with Crippen LogP contribution in [0.4, 0.5) is 0 Å². The Labute approximate surface area is 202 Å². The second-order valence-electron chi connectivity index (χ2n) is 12.6. The van der Waals surface area contributed by atoms with Crippen LogP contribution in [-0.4, -0.2) is 51.0 Å². The molecule has 0 aromatic carbocycles. The molecule has 4 aliphatic carbocycles. The van der Waals surface area contributed by atoms with Gasteiger partial charge < -0.3 is 20.1 Å². The zero-order chi connectivity index (χ0) is 24.8. The van der Waals surface area contributed by atoms with E-state index in [0.29, 0.717) is 12.0 Å². The maximum atomic E-state index is 13.1. The SMILES string of the molecule is C[C@H]1CC([C@](C)(O)C2CC[C@H]3[C@@H]4[C@@H](O)C=C5[C@@H](O)C=CC(=O)[C@]5(C)[C@H]4CC[C@]23C)OC(=O)[C@@H]1C. The highest BCUT2D eigenvalue weighted by Gasteiger charge is 2.65. The second kappa shape index (κ2) is 7.75. The minimum atomic E-state index is -1.16. The molecular formula is C28H40O6. The topological polar surface area (TPSA) is 104 Å². The molecule has 1 saturated heterocycles. The van der Waals surface area contributed by atoms with E-state index < -0.39 is 29.3 Å². The van der Waals surface area contributed by atoms with Gasteiger partial charge in [-0.15, -0.1) is 0 Å². The van der Waals surface area contributed by atoms with Crippen LogP contribution in [0, 0.1) is 46.3 Å². The van der Waals surface area contributed by atoms with Crippen LogP contribution in [0.25, 0.3) is 0 Å². The van der Waals surface area contributed by atoms with Gasteiger partial charge in [-0.05, 0) is 98.7 Å². The molecule has 5 aliphatic rings. The summed E-state index contributed by atoms with van der Waals surface area (Å²) in [4.78, 5) is 25.6. The fourth-order valence-corrected chi connectivity index (χ4v) is 8.83. The number of cyclic esters (lactones) is 1. The minimum absolute atomic E-state index is 0.00771. The Morgan fingerprint density at radius 2 is 1.79 bits per heavy atom. The van der Waals surface area contributed by atoms with Crippen LogP contribution in [0.2, 0.25) is 0 Å². The first-order valence-corrected chi connectivity index (χ1v) is 13.1. The number of ketones is 1. The highest BCUT2D eigenvalue weighted by Crippen LogP contribution is 2.67. The van der Waals surface area contributed by atoms with E-state index >= 15 is 0 Å². The minimum Gasteiger partial charge on any atom is -0.459 e. The van der Waals surface area contributed by atoms with Crippen molar-refractivity contribution < 1.29 is 29.6 Å². The molecule has 1 aliphatic heterocycles. The molecule has 6 nitrogen and oxygen atoms in total. The van der Waals surface area contributed by atoms with E-state index in [-0.39, 0.29) is 52.7 Å². The highest BCUT2D eigenvalue weighted by atomic mass is 16.6. The van der Waals surface area contributed by atoms with Gasteiger partial charge in [0, 0.05) is 0 Å². The van der Waals surface area contributed by atoms with Crippen molar-refractivity contribution in [2.45, 2.75) is 90.6 Å². The van der Waals surface area contributed by atoms with Crippen molar-refractivity contribution in [1.29, 1.82) is 0 Å². The van der Waals surface area contributed by atoms with Crippen LogP contribution in [0.1, 0.15) is 66.7 Å². The van der Waals surface area contributed by atoms with Gasteiger partial charge in [0.05, 0.1) is 23.5 Å². The summed E-state index contributed by atoms with van der Waals surface area (Å²) >= 11 is 0. The molecular weight excluding hydrogens is 432 g/mol. The molecule has 12 atom stereocenters. The van der Waals surface area contributed by atoms with Crippen molar-refractivity contribution in [3.05, 3.63) is 23.8 Å². The average molecular weight is 473 g/mol. The zero-order valence-corrected chi connectivity index (χ0v) is 21.0. The molecule has 0 spiro atoms. The molecule has 6 heteroatoms. The number of esters is 1.